The number of nitrogens with one attached hydrogen (secondary N) is 1. The molecule has 0 saturated carbocycles. The summed E-state index contributed by atoms with van der Waals surface area (Å²) in [4.78, 5) is 0. The maximum Gasteiger partial charge on any atom is 0.124 e. The summed E-state index contributed by atoms with van der Waals surface area (Å²) in [5.41, 5.74) is 0.873. The van der Waals surface area contributed by atoms with Gasteiger partial charge in [0.05, 0.1) is 13.7 Å². The lowest BCUT2D eigenvalue weighted by Gasteiger charge is -2.23. The minimum atomic E-state index is 0.0672. The van der Waals surface area contributed by atoms with Crippen molar-refractivity contribution in [3.05, 3.63) is 23.8 Å². The fraction of sp³-hybridized carbons (Fsp3) is 0.600. The third kappa shape index (κ3) is 4.73. The predicted molar refractivity (Wildman–Crippen MR) is 76.8 cm³/mol. The quantitative estimate of drug-likeness (QED) is 0.760. The van der Waals surface area contributed by atoms with Gasteiger partial charge in [0.15, 0.2) is 0 Å². The molecule has 4 heteroatoms. The van der Waals surface area contributed by atoms with Crippen molar-refractivity contribution in [3.8, 4) is 11.5 Å². The number of rotatable bonds is 8. The van der Waals surface area contributed by atoms with Crippen LogP contribution in [0.4, 0.5) is 0 Å². The van der Waals surface area contributed by atoms with Gasteiger partial charge in [0.25, 0.3) is 0 Å². The van der Waals surface area contributed by atoms with E-state index in [0.717, 1.165) is 18.4 Å². The molecule has 2 unspecified atom stereocenters. The van der Waals surface area contributed by atoms with Crippen LogP contribution in [-0.2, 0) is 4.74 Å². The Bertz CT molecular complexity index is 376. The predicted octanol–water partition coefficient (Wildman–Crippen LogP) is 2.87. The average molecular weight is 267 g/mol. The van der Waals surface area contributed by atoms with E-state index in [0.29, 0.717) is 18.4 Å². The number of benzene rings is 1. The average Bonchev–Trinajstić information content (AvgIpc) is 2.38. The van der Waals surface area contributed by atoms with E-state index in [1.54, 1.807) is 20.3 Å². The number of aromatic hydroxyl groups is 1. The fourth-order valence-corrected chi connectivity index (χ4v) is 2.22. The van der Waals surface area contributed by atoms with E-state index in [-0.39, 0.29) is 11.8 Å². The molecule has 0 saturated heterocycles. The standard InChI is InChI=1S/C15H25NO3/c1-5-6-12(10-18-3)16-11(2)14-8-7-13(19-4)9-15(14)17/h7-9,11-12,16-17H,5-6,10H2,1-4H3. The van der Waals surface area contributed by atoms with E-state index in [9.17, 15) is 5.11 Å². The van der Waals surface area contributed by atoms with Crippen LogP contribution < -0.4 is 10.1 Å². The van der Waals surface area contributed by atoms with Gasteiger partial charge in [-0.15, -0.1) is 0 Å². The molecule has 0 aromatic heterocycles. The SMILES string of the molecule is CCCC(COC)NC(C)c1ccc(OC)cc1O. The molecule has 4 nitrogen and oxygen atoms in total. The molecule has 0 amide bonds. The van der Waals surface area contributed by atoms with Gasteiger partial charge >= 0.3 is 0 Å². The summed E-state index contributed by atoms with van der Waals surface area (Å²) < 4.78 is 10.3. The Balaban J connectivity index is 2.73. The van der Waals surface area contributed by atoms with E-state index in [2.05, 4.69) is 12.2 Å². The molecule has 0 fully saturated rings. The van der Waals surface area contributed by atoms with E-state index >= 15 is 0 Å². The van der Waals surface area contributed by atoms with Crippen LogP contribution in [0.2, 0.25) is 0 Å². The Morgan fingerprint density at radius 1 is 1.32 bits per heavy atom. The van der Waals surface area contributed by atoms with Crippen LogP contribution in [0, 0.1) is 0 Å². The summed E-state index contributed by atoms with van der Waals surface area (Å²) in [5.74, 6) is 0.919. The highest BCUT2D eigenvalue weighted by Crippen LogP contribution is 2.28. The lowest BCUT2D eigenvalue weighted by atomic mass is 10.0. The van der Waals surface area contributed by atoms with Gasteiger partial charge in [-0.05, 0) is 19.4 Å². The van der Waals surface area contributed by atoms with E-state index in [4.69, 9.17) is 9.47 Å². The molecule has 1 aromatic carbocycles. The second kappa shape index (κ2) is 8.02. The maximum atomic E-state index is 10.0. The van der Waals surface area contributed by atoms with Crippen LogP contribution in [0.15, 0.2) is 18.2 Å². The lowest BCUT2D eigenvalue weighted by molar-refractivity contribution is 0.157. The zero-order valence-electron chi connectivity index (χ0n) is 12.3. The van der Waals surface area contributed by atoms with Crippen molar-refractivity contribution in [2.75, 3.05) is 20.8 Å². The molecule has 2 atom stereocenters. The molecule has 2 N–H and O–H groups in total. The van der Waals surface area contributed by atoms with Crippen LogP contribution >= 0.6 is 0 Å². The van der Waals surface area contributed by atoms with Crippen molar-refractivity contribution in [1.29, 1.82) is 0 Å². The van der Waals surface area contributed by atoms with Gasteiger partial charge in [0.1, 0.15) is 11.5 Å². The lowest BCUT2D eigenvalue weighted by Crippen LogP contribution is -2.35. The molecule has 1 rings (SSSR count). The number of hydrogen-bond acceptors (Lipinski definition) is 4. The van der Waals surface area contributed by atoms with Gasteiger partial charge in [0, 0.05) is 30.8 Å². The highest BCUT2D eigenvalue weighted by molar-refractivity contribution is 5.41. The van der Waals surface area contributed by atoms with Gasteiger partial charge in [0.2, 0.25) is 0 Å². The van der Waals surface area contributed by atoms with Gasteiger partial charge < -0.3 is 19.9 Å². The summed E-state index contributed by atoms with van der Waals surface area (Å²) in [6.45, 7) is 4.87. The Labute approximate surface area is 115 Å². The van der Waals surface area contributed by atoms with E-state index < -0.39 is 0 Å². The Morgan fingerprint density at radius 2 is 2.05 bits per heavy atom. The van der Waals surface area contributed by atoms with Gasteiger partial charge in [-0.3, -0.25) is 0 Å². The first-order valence-corrected chi connectivity index (χ1v) is 6.74. The molecule has 0 aliphatic rings. The summed E-state index contributed by atoms with van der Waals surface area (Å²) in [6.07, 6.45) is 2.15. The van der Waals surface area contributed by atoms with Crippen molar-refractivity contribution >= 4 is 0 Å². The maximum absolute atomic E-state index is 10.0. The minimum absolute atomic E-state index is 0.0672. The number of ether oxygens (including phenoxy) is 2. The van der Waals surface area contributed by atoms with Crippen LogP contribution in [0.1, 0.15) is 38.3 Å². The van der Waals surface area contributed by atoms with Crippen molar-refractivity contribution in [2.24, 2.45) is 0 Å². The summed E-state index contributed by atoms with van der Waals surface area (Å²) in [6, 6.07) is 5.75. The third-order valence-corrected chi connectivity index (χ3v) is 3.19. The zero-order valence-corrected chi connectivity index (χ0v) is 12.3. The monoisotopic (exact) mass is 267 g/mol. The van der Waals surface area contributed by atoms with Crippen LogP contribution in [0.5, 0.6) is 11.5 Å². The fourth-order valence-electron chi connectivity index (χ4n) is 2.22. The number of methoxy groups -OCH3 is 2. The number of phenolic OH excluding ortho intramolecular Hbond substituents is 1. The molecular weight excluding hydrogens is 242 g/mol. The molecule has 108 valence electrons. The van der Waals surface area contributed by atoms with Crippen molar-refractivity contribution in [2.45, 2.75) is 38.8 Å². The smallest absolute Gasteiger partial charge is 0.124 e. The summed E-state index contributed by atoms with van der Waals surface area (Å²) in [5, 5.41) is 13.5. The molecule has 0 heterocycles. The molecule has 1 aromatic rings. The summed E-state index contributed by atoms with van der Waals surface area (Å²) >= 11 is 0. The van der Waals surface area contributed by atoms with Crippen molar-refractivity contribution in [1.82, 2.24) is 5.32 Å². The van der Waals surface area contributed by atoms with E-state index in [1.165, 1.54) is 0 Å². The highest BCUT2D eigenvalue weighted by atomic mass is 16.5. The zero-order chi connectivity index (χ0) is 14.3. The Morgan fingerprint density at radius 3 is 2.58 bits per heavy atom. The molecule has 19 heavy (non-hydrogen) atoms. The highest BCUT2D eigenvalue weighted by Gasteiger charge is 2.15. The van der Waals surface area contributed by atoms with Gasteiger partial charge in [-0.25, -0.2) is 0 Å². The van der Waals surface area contributed by atoms with Crippen LogP contribution in [0.25, 0.3) is 0 Å². The van der Waals surface area contributed by atoms with E-state index in [1.807, 2.05) is 19.1 Å². The molecule has 0 radical (unpaired) electrons. The van der Waals surface area contributed by atoms with Gasteiger partial charge in [-0.2, -0.15) is 0 Å². The van der Waals surface area contributed by atoms with Crippen molar-refractivity contribution in [3.63, 3.8) is 0 Å². The Hall–Kier alpha value is -1.26. The Kier molecular flexibility index (Phi) is 6.67. The topological polar surface area (TPSA) is 50.7 Å². The molecule has 0 spiro atoms. The first kappa shape index (κ1) is 15.8. The number of phenols is 1. The number of hydrogen-bond donors (Lipinski definition) is 2. The minimum Gasteiger partial charge on any atom is -0.507 e. The second-order valence-corrected chi connectivity index (χ2v) is 4.75. The normalized spacial score (nSPS) is 14.1. The molecular formula is C15H25NO3. The first-order chi connectivity index (χ1) is 9.12. The van der Waals surface area contributed by atoms with Crippen LogP contribution in [-0.4, -0.2) is 32.0 Å². The molecule has 0 bridgehead atoms. The van der Waals surface area contributed by atoms with Crippen LogP contribution in [0.3, 0.4) is 0 Å². The molecule has 0 aliphatic heterocycles. The summed E-state index contributed by atoms with van der Waals surface area (Å²) in [7, 11) is 3.30. The largest absolute Gasteiger partial charge is 0.507 e. The molecule has 0 aliphatic carbocycles. The first-order valence-electron chi connectivity index (χ1n) is 6.74. The van der Waals surface area contributed by atoms with Crippen molar-refractivity contribution < 1.29 is 14.6 Å². The second-order valence-electron chi connectivity index (χ2n) is 4.75. The third-order valence-electron chi connectivity index (χ3n) is 3.19. The van der Waals surface area contributed by atoms with Gasteiger partial charge in [-0.1, -0.05) is 19.4 Å².